The molecule has 0 bridgehead atoms. The van der Waals surface area contributed by atoms with Gasteiger partial charge in [-0.15, -0.1) is 0 Å². The molecule has 0 amide bonds. The molecule has 112 valence electrons. The average molecular weight is 286 g/mol. The van der Waals surface area contributed by atoms with Crippen LogP contribution in [0.3, 0.4) is 0 Å². The largest absolute Gasteiger partial charge is 0.378 e. The van der Waals surface area contributed by atoms with E-state index in [1.807, 2.05) is 18.3 Å². The smallest absolute Gasteiger partial charge is 0.0864 e. The highest BCUT2D eigenvalue weighted by Gasteiger charge is 2.27. The molecule has 5 nitrogen and oxygen atoms in total. The molecule has 0 aliphatic carbocycles. The molecule has 0 saturated carbocycles. The summed E-state index contributed by atoms with van der Waals surface area (Å²) in [5.74, 6) is 0. The summed E-state index contributed by atoms with van der Waals surface area (Å²) in [6.07, 6.45) is 5.07. The van der Waals surface area contributed by atoms with E-state index < -0.39 is 0 Å². The quantitative estimate of drug-likeness (QED) is 0.880. The Bertz CT molecular complexity index is 553. The normalized spacial score (nSPS) is 18.6. The molecule has 0 aromatic carbocycles. The number of nitrogens with zero attached hydrogens (tertiary/aromatic N) is 3. The minimum atomic E-state index is 0.657. The van der Waals surface area contributed by atoms with E-state index in [0.29, 0.717) is 6.61 Å². The van der Waals surface area contributed by atoms with Crippen LogP contribution in [0, 0.1) is 0 Å². The lowest BCUT2D eigenvalue weighted by Gasteiger charge is -2.31. The molecule has 5 heteroatoms. The van der Waals surface area contributed by atoms with E-state index in [4.69, 9.17) is 4.74 Å². The number of aromatic nitrogens is 1. The Morgan fingerprint density at radius 2 is 2.29 bits per heavy atom. The van der Waals surface area contributed by atoms with Crippen molar-refractivity contribution in [3.63, 3.8) is 0 Å². The number of hydrogen-bond donors (Lipinski definition) is 1. The minimum absolute atomic E-state index is 0.657. The third kappa shape index (κ3) is 3.09. The van der Waals surface area contributed by atoms with E-state index in [2.05, 4.69) is 39.5 Å². The molecule has 0 radical (unpaired) electrons. The van der Waals surface area contributed by atoms with E-state index in [0.717, 1.165) is 31.7 Å². The standard InChI is InChI=1S/C16H22N4O/c1-19-11-14-15(18-19)7-10-20(16(14)12-21-2)9-6-13-5-3-4-8-17-13/h3-5,7-8,18H,6,9-12H2,1-2H3. The number of hydrazine groups is 1. The third-order valence-corrected chi connectivity index (χ3v) is 3.92. The summed E-state index contributed by atoms with van der Waals surface area (Å²) in [7, 11) is 3.82. The molecule has 1 aromatic rings. The third-order valence-electron chi connectivity index (χ3n) is 3.92. The number of rotatable bonds is 5. The highest BCUT2D eigenvalue weighted by Crippen LogP contribution is 2.26. The maximum atomic E-state index is 5.42. The van der Waals surface area contributed by atoms with Crippen molar-refractivity contribution in [1.29, 1.82) is 0 Å². The molecule has 21 heavy (non-hydrogen) atoms. The second kappa shape index (κ2) is 6.28. The van der Waals surface area contributed by atoms with Crippen molar-refractivity contribution in [3.05, 3.63) is 53.1 Å². The van der Waals surface area contributed by atoms with Crippen molar-refractivity contribution >= 4 is 0 Å². The second-order valence-electron chi connectivity index (χ2n) is 5.46. The lowest BCUT2D eigenvalue weighted by atomic mass is 10.1. The topological polar surface area (TPSA) is 40.6 Å². The van der Waals surface area contributed by atoms with Gasteiger partial charge >= 0.3 is 0 Å². The van der Waals surface area contributed by atoms with Gasteiger partial charge in [0.1, 0.15) is 0 Å². The van der Waals surface area contributed by atoms with Crippen LogP contribution in [0.1, 0.15) is 5.69 Å². The van der Waals surface area contributed by atoms with Gasteiger partial charge in [-0.1, -0.05) is 6.07 Å². The zero-order valence-corrected chi connectivity index (χ0v) is 12.7. The van der Waals surface area contributed by atoms with Crippen LogP contribution < -0.4 is 5.43 Å². The van der Waals surface area contributed by atoms with E-state index >= 15 is 0 Å². The van der Waals surface area contributed by atoms with Gasteiger partial charge in [-0.3, -0.25) is 4.98 Å². The number of likely N-dealkylation sites (N-methyl/N-ethyl adjacent to an activating group) is 1. The molecule has 3 rings (SSSR count). The van der Waals surface area contributed by atoms with Crippen molar-refractivity contribution < 1.29 is 4.74 Å². The minimum Gasteiger partial charge on any atom is -0.378 e. The van der Waals surface area contributed by atoms with Gasteiger partial charge in [0.15, 0.2) is 0 Å². The lowest BCUT2D eigenvalue weighted by Crippen LogP contribution is -2.32. The van der Waals surface area contributed by atoms with Crippen molar-refractivity contribution in [1.82, 2.24) is 20.3 Å². The van der Waals surface area contributed by atoms with Crippen LogP contribution in [-0.2, 0) is 11.2 Å². The van der Waals surface area contributed by atoms with Crippen LogP contribution >= 0.6 is 0 Å². The molecule has 0 spiro atoms. The fourth-order valence-corrected chi connectivity index (χ4v) is 2.89. The van der Waals surface area contributed by atoms with E-state index in [1.54, 1.807) is 7.11 Å². The van der Waals surface area contributed by atoms with Crippen LogP contribution in [0.25, 0.3) is 0 Å². The number of ether oxygens (including phenoxy) is 1. The van der Waals surface area contributed by atoms with Gasteiger partial charge in [-0.2, -0.15) is 0 Å². The fraction of sp³-hybridized carbons (Fsp3) is 0.438. The summed E-state index contributed by atoms with van der Waals surface area (Å²) in [4.78, 5) is 6.80. The predicted molar refractivity (Wildman–Crippen MR) is 82.3 cm³/mol. The zero-order valence-electron chi connectivity index (χ0n) is 12.7. The SMILES string of the molecule is COCC1=C2CN(C)NC2=CCN1CCc1ccccn1. The summed E-state index contributed by atoms with van der Waals surface area (Å²) in [6, 6.07) is 6.08. The molecule has 1 N–H and O–H groups in total. The first-order valence-electron chi connectivity index (χ1n) is 7.32. The summed E-state index contributed by atoms with van der Waals surface area (Å²) < 4.78 is 5.42. The predicted octanol–water partition coefficient (Wildman–Crippen LogP) is 1.17. The van der Waals surface area contributed by atoms with Crippen molar-refractivity contribution in [2.45, 2.75) is 6.42 Å². The Labute approximate surface area is 125 Å². The first-order valence-corrected chi connectivity index (χ1v) is 7.32. The number of fused-ring (bicyclic) bond motifs is 1. The molecule has 2 aliphatic heterocycles. The molecule has 3 heterocycles. The van der Waals surface area contributed by atoms with Gasteiger partial charge in [0, 0.05) is 63.4 Å². The van der Waals surface area contributed by atoms with Crippen LogP contribution in [-0.4, -0.2) is 55.3 Å². The van der Waals surface area contributed by atoms with Gasteiger partial charge < -0.3 is 15.1 Å². The Balaban J connectivity index is 1.73. The highest BCUT2D eigenvalue weighted by atomic mass is 16.5. The summed E-state index contributed by atoms with van der Waals surface area (Å²) in [5, 5.41) is 2.11. The number of pyridine rings is 1. The van der Waals surface area contributed by atoms with Crippen molar-refractivity contribution in [2.24, 2.45) is 0 Å². The maximum absolute atomic E-state index is 5.42. The number of hydrogen-bond acceptors (Lipinski definition) is 5. The average Bonchev–Trinajstić information content (AvgIpc) is 2.88. The number of methoxy groups -OCH3 is 1. The molecule has 1 fully saturated rings. The Morgan fingerprint density at radius 1 is 1.38 bits per heavy atom. The van der Waals surface area contributed by atoms with Crippen molar-refractivity contribution in [2.75, 3.05) is 40.4 Å². The van der Waals surface area contributed by atoms with Crippen LogP contribution in [0.15, 0.2) is 47.4 Å². The van der Waals surface area contributed by atoms with Crippen molar-refractivity contribution in [3.8, 4) is 0 Å². The molecule has 1 saturated heterocycles. The van der Waals surface area contributed by atoms with Gasteiger partial charge in [0.05, 0.1) is 12.3 Å². The Kier molecular flexibility index (Phi) is 4.22. The zero-order chi connectivity index (χ0) is 14.7. The Morgan fingerprint density at radius 3 is 3.05 bits per heavy atom. The molecule has 0 atom stereocenters. The molecule has 0 unspecified atom stereocenters. The number of nitrogens with one attached hydrogen (secondary N) is 1. The lowest BCUT2D eigenvalue weighted by molar-refractivity contribution is 0.189. The van der Waals surface area contributed by atoms with Gasteiger partial charge in [-0.25, -0.2) is 5.01 Å². The Hall–Kier alpha value is -1.85. The van der Waals surface area contributed by atoms with E-state index in [1.165, 1.54) is 17.0 Å². The van der Waals surface area contributed by atoms with Gasteiger partial charge in [-0.05, 0) is 18.2 Å². The summed E-state index contributed by atoms with van der Waals surface area (Å²) in [6.45, 7) is 3.47. The van der Waals surface area contributed by atoms with Gasteiger partial charge in [0.2, 0.25) is 0 Å². The molecular weight excluding hydrogens is 264 g/mol. The maximum Gasteiger partial charge on any atom is 0.0864 e. The highest BCUT2D eigenvalue weighted by molar-refractivity contribution is 5.41. The van der Waals surface area contributed by atoms with E-state index in [-0.39, 0.29) is 0 Å². The molecule has 1 aromatic heterocycles. The summed E-state index contributed by atoms with van der Waals surface area (Å²) in [5.41, 5.74) is 8.40. The van der Waals surface area contributed by atoms with E-state index in [9.17, 15) is 0 Å². The van der Waals surface area contributed by atoms with Crippen LogP contribution in [0.5, 0.6) is 0 Å². The molecular formula is C16H22N4O. The monoisotopic (exact) mass is 286 g/mol. The second-order valence-corrected chi connectivity index (χ2v) is 5.46. The van der Waals surface area contributed by atoms with Crippen LogP contribution in [0.4, 0.5) is 0 Å². The fourth-order valence-electron chi connectivity index (χ4n) is 2.89. The first kappa shape index (κ1) is 14.1. The van der Waals surface area contributed by atoms with Crippen LogP contribution in [0.2, 0.25) is 0 Å². The first-order chi connectivity index (χ1) is 10.3. The molecule has 2 aliphatic rings. The van der Waals surface area contributed by atoms with Gasteiger partial charge in [0.25, 0.3) is 0 Å². The summed E-state index contributed by atoms with van der Waals surface area (Å²) >= 11 is 0.